The molecule has 2 heteroatoms. The number of allylic oxidation sites excluding steroid dienone is 4. The molecule has 0 unspecified atom stereocenters. The van der Waals surface area contributed by atoms with Crippen molar-refractivity contribution in [2.24, 2.45) is 0 Å². The molecule has 0 fully saturated rings. The average Bonchev–Trinajstić information content (AvgIpc) is 2.28. The van der Waals surface area contributed by atoms with Gasteiger partial charge in [0.2, 0.25) is 0 Å². The number of rotatable bonds is 0. The lowest BCUT2D eigenvalue weighted by atomic mass is 10.4. The molecule has 1 N–H and O–H groups in total. The second kappa shape index (κ2) is 2.66. The van der Waals surface area contributed by atoms with E-state index in [4.69, 9.17) is 0 Å². The van der Waals surface area contributed by atoms with Crippen LogP contribution in [0.1, 0.15) is 0 Å². The van der Waals surface area contributed by atoms with Gasteiger partial charge in [-0.2, -0.15) is 0 Å². The van der Waals surface area contributed by atoms with E-state index in [1.807, 2.05) is 24.4 Å². The average molecular weight is 146 g/mol. The summed E-state index contributed by atoms with van der Waals surface area (Å²) in [5, 5.41) is 3.26. The Labute approximate surface area is 66.2 Å². The van der Waals surface area contributed by atoms with Crippen molar-refractivity contribution in [1.82, 2.24) is 10.2 Å². The maximum absolute atomic E-state index is 3.26. The standard InChI is InChI=1S/C9H10N2/c1-2-5-9-10-6-4-8-11(9)7-3-1/h1-5,7-8,10H,6H2. The van der Waals surface area contributed by atoms with Gasteiger partial charge in [-0.3, -0.25) is 0 Å². The molecule has 2 heterocycles. The number of hydrogen-bond donors (Lipinski definition) is 1. The van der Waals surface area contributed by atoms with Crippen LogP contribution in [-0.4, -0.2) is 11.4 Å². The number of nitrogens with zero attached hydrogens (tertiary/aromatic N) is 1. The Balaban J connectivity index is 2.32. The molecule has 0 aliphatic carbocycles. The van der Waals surface area contributed by atoms with Crippen molar-refractivity contribution in [3.05, 3.63) is 48.6 Å². The molecule has 0 aromatic carbocycles. The zero-order chi connectivity index (χ0) is 7.52. The minimum absolute atomic E-state index is 0.921. The Morgan fingerprint density at radius 3 is 3.18 bits per heavy atom. The van der Waals surface area contributed by atoms with Gasteiger partial charge in [0, 0.05) is 18.9 Å². The molecule has 0 spiro atoms. The van der Waals surface area contributed by atoms with Gasteiger partial charge >= 0.3 is 0 Å². The third-order valence-electron chi connectivity index (χ3n) is 1.67. The van der Waals surface area contributed by atoms with Crippen LogP contribution >= 0.6 is 0 Å². The van der Waals surface area contributed by atoms with Gasteiger partial charge in [-0.05, 0) is 18.2 Å². The highest BCUT2D eigenvalue weighted by atomic mass is 15.2. The van der Waals surface area contributed by atoms with Crippen LogP contribution in [0.2, 0.25) is 0 Å². The van der Waals surface area contributed by atoms with E-state index in [9.17, 15) is 0 Å². The molecule has 0 amide bonds. The van der Waals surface area contributed by atoms with Crippen molar-refractivity contribution in [1.29, 1.82) is 0 Å². The van der Waals surface area contributed by atoms with Crippen LogP contribution in [-0.2, 0) is 0 Å². The Kier molecular flexibility index (Phi) is 1.52. The van der Waals surface area contributed by atoms with Crippen molar-refractivity contribution in [3.63, 3.8) is 0 Å². The molecule has 0 atom stereocenters. The highest BCUT2D eigenvalue weighted by Crippen LogP contribution is 2.09. The maximum Gasteiger partial charge on any atom is 0.110 e. The Bertz CT molecular complexity index is 259. The van der Waals surface area contributed by atoms with E-state index >= 15 is 0 Å². The van der Waals surface area contributed by atoms with Gasteiger partial charge in [0.15, 0.2) is 0 Å². The topological polar surface area (TPSA) is 15.3 Å². The molecule has 0 radical (unpaired) electrons. The lowest BCUT2D eigenvalue weighted by Crippen LogP contribution is -2.27. The first-order valence-electron chi connectivity index (χ1n) is 3.71. The second-order valence-corrected chi connectivity index (χ2v) is 2.45. The fourth-order valence-corrected chi connectivity index (χ4v) is 1.13. The molecule has 2 rings (SSSR count). The fraction of sp³-hybridized carbons (Fsp3) is 0.111. The molecule has 0 saturated carbocycles. The summed E-state index contributed by atoms with van der Waals surface area (Å²) in [6.07, 6.45) is 14.3. The largest absolute Gasteiger partial charge is 0.368 e. The van der Waals surface area contributed by atoms with Crippen molar-refractivity contribution >= 4 is 0 Å². The summed E-state index contributed by atoms with van der Waals surface area (Å²) in [4.78, 5) is 2.06. The minimum atomic E-state index is 0.921. The van der Waals surface area contributed by atoms with Crippen LogP contribution in [0.3, 0.4) is 0 Å². The first-order valence-corrected chi connectivity index (χ1v) is 3.71. The Hall–Kier alpha value is -1.44. The van der Waals surface area contributed by atoms with Crippen molar-refractivity contribution < 1.29 is 0 Å². The molecule has 0 saturated heterocycles. The van der Waals surface area contributed by atoms with E-state index in [2.05, 4.69) is 28.6 Å². The van der Waals surface area contributed by atoms with Gasteiger partial charge in [0.1, 0.15) is 5.82 Å². The highest BCUT2D eigenvalue weighted by Gasteiger charge is 2.05. The smallest absolute Gasteiger partial charge is 0.110 e. The fourth-order valence-electron chi connectivity index (χ4n) is 1.13. The summed E-state index contributed by atoms with van der Waals surface area (Å²) in [5.41, 5.74) is 0. The van der Waals surface area contributed by atoms with Crippen LogP contribution in [0, 0.1) is 0 Å². The molecular weight excluding hydrogens is 136 g/mol. The van der Waals surface area contributed by atoms with E-state index in [-0.39, 0.29) is 0 Å². The van der Waals surface area contributed by atoms with E-state index in [1.165, 1.54) is 0 Å². The first-order chi connectivity index (χ1) is 5.47. The zero-order valence-electron chi connectivity index (χ0n) is 6.20. The number of nitrogens with one attached hydrogen (secondary N) is 1. The lowest BCUT2D eigenvalue weighted by Gasteiger charge is -2.23. The van der Waals surface area contributed by atoms with E-state index in [0.717, 1.165) is 12.4 Å². The molecule has 2 nitrogen and oxygen atoms in total. The SMILES string of the molecule is C1=CC=C2NCC=CN2C=C1. The van der Waals surface area contributed by atoms with Crippen LogP contribution in [0.5, 0.6) is 0 Å². The van der Waals surface area contributed by atoms with Crippen molar-refractivity contribution in [2.75, 3.05) is 6.54 Å². The van der Waals surface area contributed by atoms with Crippen molar-refractivity contribution in [2.45, 2.75) is 0 Å². The molecule has 56 valence electrons. The summed E-state index contributed by atoms with van der Waals surface area (Å²) in [6, 6.07) is 0. The van der Waals surface area contributed by atoms with Crippen molar-refractivity contribution in [3.8, 4) is 0 Å². The van der Waals surface area contributed by atoms with Gasteiger partial charge in [-0.1, -0.05) is 12.2 Å². The van der Waals surface area contributed by atoms with Crippen LogP contribution in [0.25, 0.3) is 0 Å². The minimum Gasteiger partial charge on any atom is -0.368 e. The van der Waals surface area contributed by atoms with E-state index in [1.54, 1.807) is 0 Å². The zero-order valence-corrected chi connectivity index (χ0v) is 6.20. The quantitative estimate of drug-likeness (QED) is 0.554. The van der Waals surface area contributed by atoms with E-state index in [0.29, 0.717) is 0 Å². The molecule has 0 bridgehead atoms. The number of hydrogen-bond acceptors (Lipinski definition) is 2. The third kappa shape index (κ3) is 1.19. The molecular formula is C9H10N2. The summed E-state index contributed by atoms with van der Waals surface area (Å²) in [5.74, 6) is 1.14. The van der Waals surface area contributed by atoms with Crippen LogP contribution in [0.15, 0.2) is 48.6 Å². The van der Waals surface area contributed by atoms with Gasteiger partial charge in [-0.25, -0.2) is 0 Å². The molecule has 11 heavy (non-hydrogen) atoms. The van der Waals surface area contributed by atoms with Gasteiger partial charge in [0.05, 0.1) is 0 Å². The second-order valence-electron chi connectivity index (χ2n) is 2.45. The number of fused-ring (bicyclic) bond motifs is 1. The summed E-state index contributed by atoms with van der Waals surface area (Å²) < 4.78 is 0. The summed E-state index contributed by atoms with van der Waals surface area (Å²) >= 11 is 0. The predicted octanol–water partition coefficient (Wildman–Crippen LogP) is 1.33. The van der Waals surface area contributed by atoms with Crippen LogP contribution in [0.4, 0.5) is 0 Å². The highest BCUT2D eigenvalue weighted by molar-refractivity contribution is 5.24. The Morgan fingerprint density at radius 2 is 2.18 bits per heavy atom. The summed E-state index contributed by atoms with van der Waals surface area (Å²) in [6.45, 7) is 0.921. The monoisotopic (exact) mass is 146 g/mol. The predicted molar refractivity (Wildman–Crippen MR) is 45.3 cm³/mol. The Morgan fingerprint density at radius 1 is 1.18 bits per heavy atom. The molecule has 2 aliphatic rings. The third-order valence-corrected chi connectivity index (χ3v) is 1.67. The first kappa shape index (κ1) is 6.28. The molecule has 0 aromatic heterocycles. The summed E-state index contributed by atoms with van der Waals surface area (Å²) in [7, 11) is 0. The molecule has 2 aliphatic heterocycles. The van der Waals surface area contributed by atoms with Crippen LogP contribution < -0.4 is 5.32 Å². The molecule has 0 aromatic rings. The van der Waals surface area contributed by atoms with Gasteiger partial charge in [-0.15, -0.1) is 0 Å². The van der Waals surface area contributed by atoms with Gasteiger partial charge in [0.25, 0.3) is 0 Å². The van der Waals surface area contributed by atoms with Gasteiger partial charge < -0.3 is 10.2 Å². The lowest BCUT2D eigenvalue weighted by molar-refractivity contribution is 0.540. The van der Waals surface area contributed by atoms with E-state index < -0.39 is 0 Å². The normalized spacial score (nSPS) is 20.4. The maximum atomic E-state index is 3.26.